The summed E-state index contributed by atoms with van der Waals surface area (Å²) in [5.41, 5.74) is 6.31. The van der Waals surface area contributed by atoms with Gasteiger partial charge >= 0.3 is 0 Å². The number of piperidine rings is 1. The molecule has 0 aromatic carbocycles. The quantitative estimate of drug-likeness (QED) is 0.758. The molecule has 0 spiro atoms. The normalized spacial score (nSPS) is 18.8. The van der Waals surface area contributed by atoms with Crippen LogP contribution in [0, 0.1) is 5.92 Å². The molecular weight excluding hydrogens is 266 g/mol. The highest BCUT2D eigenvalue weighted by atomic mass is 32.2. The Kier molecular flexibility index (Phi) is 4.56. The topological polar surface area (TPSA) is 93.2 Å². The number of aromatic nitrogens is 2. The van der Waals surface area contributed by atoms with Crippen molar-refractivity contribution >= 4 is 10.2 Å². The van der Waals surface area contributed by atoms with Gasteiger partial charge in [-0.25, -0.2) is 0 Å². The van der Waals surface area contributed by atoms with E-state index in [0.717, 1.165) is 12.8 Å². The Balaban J connectivity index is 1.88. The van der Waals surface area contributed by atoms with E-state index in [1.165, 1.54) is 4.31 Å². The van der Waals surface area contributed by atoms with Gasteiger partial charge in [0.2, 0.25) is 0 Å². The second-order valence-electron chi connectivity index (χ2n) is 4.89. The van der Waals surface area contributed by atoms with Crippen molar-refractivity contribution in [2.75, 3.05) is 19.6 Å². The Bertz CT molecular complexity index is 505. The van der Waals surface area contributed by atoms with Gasteiger partial charge in [-0.15, -0.1) is 0 Å². The number of nitrogens with one attached hydrogen (secondary N) is 1. The van der Waals surface area contributed by atoms with Crippen molar-refractivity contribution in [3.8, 4) is 0 Å². The van der Waals surface area contributed by atoms with Crippen LogP contribution in [0.15, 0.2) is 12.3 Å². The predicted octanol–water partition coefficient (Wildman–Crippen LogP) is -0.575. The molecule has 108 valence electrons. The van der Waals surface area contributed by atoms with E-state index in [0.29, 0.717) is 31.2 Å². The zero-order chi connectivity index (χ0) is 13.9. The van der Waals surface area contributed by atoms with Gasteiger partial charge in [0.25, 0.3) is 10.2 Å². The second-order valence-corrected chi connectivity index (χ2v) is 6.64. The van der Waals surface area contributed by atoms with Crippen LogP contribution in [0.5, 0.6) is 0 Å². The molecule has 0 aliphatic carbocycles. The summed E-state index contributed by atoms with van der Waals surface area (Å²) in [6.45, 7) is 1.94. The van der Waals surface area contributed by atoms with Crippen LogP contribution in [0.2, 0.25) is 0 Å². The van der Waals surface area contributed by atoms with Crippen molar-refractivity contribution < 1.29 is 8.42 Å². The molecule has 7 nitrogen and oxygen atoms in total. The predicted molar refractivity (Wildman–Crippen MR) is 72.3 cm³/mol. The number of nitrogens with zero attached hydrogens (tertiary/aromatic N) is 3. The summed E-state index contributed by atoms with van der Waals surface area (Å²) in [6, 6.07) is 1.79. The minimum Gasteiger partial charge on any atom is -0.330 e. The molecule has 0 atom stereocenters. The van der Waals surface area contributed by atoms with E-state index in [-0.39, 0.29) is 6.54 Å². The van der Waals surface area contributed by atoms with Crippen molar-refractivity contribution in [3.63, 3.8) is 0 Å². The zero-order valence-corrected chi connectivity index (χ0v) is 11.9. The van der Waals surface area contributed by atoms with Gasteiger partial charge in [0.15, 0.2) is 0 Å². The van der Waals surface area contributed by atoms with Gasteiger partial charge in [0, 0.05) is 26.3 Å². The fraction of sp³-hybridized carbons (Fsp3) is 0.727. The monoisotopic (exact) mass is 287 g/mol. The third-order valence-corrected chi connectivity index (χ3v) is 5.01. The first-order chi connectivity index (χ1) is 9.01. The Morgan fingerprint density at radius 3 is 2.68 bits per heavy atom. The summed E-state index contributed by atoms with van der Waals surface area (Å²) < 4.78 is 29.9. The molecule has 3 N–H and O–H groups in total. The van der Waals surface area contributed by atoms with Crippen LogP contribution in [-0.4, -0.2) is 42.1 Å². The molecule has 1 aliphatic rings. The minimum absolute atomic E-state index is 0.222. The maximum Gasteiger partial charge on any atom is 0.279 e. The van der Waals surface area contributed by atoms with Crippen molar-refractivity contribution in [1.82, 2.24) is 18.8 Å². The Morgan fingerprint density at radius 2 is 2.16 bits per heavy atom. The first kappa shape index (κ1) is 14.4. The summed E-state index contributed by atoms with van der Waals surface area (Å²) in [6.07, 6.45) is 3.46. The van der Waals surface area contributed by atoms with Crippen LogP contribution < -0.4 is 10.5 Å². The highest BCUT2D eigenvalue weighted by molar-refractivity contribution is 7.87. The van der Waals surface area contributed by atoms with Crippen LogP contribution in [0.4, 0.5) is 0 Å². The summed E-state index contributed by atoms with van der Waals surface area (Å²) >= 11 is 0. The lowest BCUT2D eigenvalue weighted by Crippen LogP contribution is -2.45. The van der Waals surface area contributed by atoms with Gasteiger partial charge in [-0.2, -0.15) is 22.5 Å². The third-order valence-electron chi connectivity index (χ3n) is 3.45. The maximum absolute atomic E-state index is 12.1. The Labute approximate surface area is 113 Å². The molecule has 0 amide bonds. The van der Waals surface area contributed by atoms with Crippen LogP contribution in [0.25, 0.3) is 0 Å². The minimum atomic E-state index is -3.41. The molecule has 1 aromatic heterocycles. The van der Waals surface area contributed by atoms with Gasteiger partial charge in [-0.05, 0) is 31.4 Å². The highest BCUT2D eigenvalue weighted by Crippen LogP contribution is 2.17. The number of hydrogen-bond donors (Lipinski definition) is 2. The third kappa shape index (κ3) is 3.75. The molecule has 0 saturated carbocycles. The summed E-state index contributed by atoms with van der Waals surface area (Å²) in [4.78, 5) is 0. The van der Waals surface area contributed by atoms with Gasteiger partial charge < -0.3 is 5.73 Å². The number of hydrogen-bond acceptors (Lipinski definition) is 4. The largest absolute Gasteiger partial charge is 0.330 e. The molecule has 0 unspecified atom stereocenters. The van der Waals surface area contributed by atoms with Gasteiger partial charge in [0.05, 0.1) is 12.2 Å². The number of aryl methyl sites for hydroxylation is 1. The van der Waals surface area contributed by atoms with Crippen LogP contribution in [0.3, 0.4) is 0 Å². The average molecular weight is 287 g/mol. The second kappa shape index (κ2) is 6.00. The van der Waals surface area contributed by atoms with Crippen LogP contribution >= 0.6 is 0 Å². The molecule has 0 radical (unpaired) electrons. The zero-order valence-electron chi connectivity index (χ0n) is 11.1. The van der Waals surface area contributed by atoms with E-state index in [4.69, 9.17) is 5.73 Å². The van der Waals surface area contributed by atoms with Gasteiger partial charge in [0.1, 0.15) is 0 Å². The summed E-state index contributed by atoms with van der Waals surface area (Å²) in [7, 11) is -1.61. The lowest BCUT2D eigenvalue weighted by atomic mass is 9.99. The number of rotatable bonds is 5. The molecule has 8 heteroatoms. The van der Waals surface area contributed by atoms with Crippen molar-refractivity contribution in [3.05, 3.63) is 18.0 Å². The number of nitrogens with two attached hydrogens (primary N) is 1. The fourth-order valence-electron chi connectivity index (χ4n) is 2.20. The van der Waals surface area contributed by atoms with Gasteiger partial charge in [-0.3, -0.25) is 4.68 Å². The van der Waals surface area contributed by atoms with E-state index >= 15 is 0 Å². The van der Waals surface area contributed by atoms with E-state index < -0.39 is 10.2 Å². The molecule has 1 saturated heterocycles. The molecule has 1 fully saturated rings. The Hall–Kier alpha value is -0.960. The SMILES string of the molecule is Cn1ccc(CNS(=O)(=O)N2CCC(CN)CC2)n1. The highest BCUT2D eigenvalue weighted by Gasteiger charge is 2.27. The molecule has 2 heterocycles. The fourth-order valence-corrected chi connectivity index (χ4v) is 3.40. The lowest BCUT2D eigenvalue weighted by molar-refractivity contribution is 0.275. The standard InChI is InChI=1S/C11H21N5O2S/c1-15-5-4-11(14-15)9-13-19(17,18)16-6-2-10(8-12)3-7-16/h4-5,10,13H,2-3,6-9,12H2,1H3. The first-order valence-corrected chi connectivity index (χ1v) is 7.88. The first-order valence-electron chi connectivity index (χ1n) is 6.44. The smallest absolute Gasteiger partial charge is 0.279 e. The van der Waals surface area contributed by atoms with Crippen LogP contribution in [0.1, 0.15) is 18.5 Å². The lowest BCUT2D eigenvalue weighted by Gasteiger charge is -2.30. The molecule has 1 aliphatic heterocycles. The van der Waals surface area contributed by atoms with Crippen molar-refractivity contribution in [2.24, 2.45) is 18.7 Å². The van der Waals surface area contributed by atoms with Crippen molar-refractivity contribution in [2.45, 2.75) is 19.4 Å². The summed E-state index contributed by atoms with van der Waals surface area (Å²) in [5, 5.41) is 4.14. The molecule has 0 bridgehead atoms. The van der Waals surface area contributed by atoms with E-state index in [2.05, 4.69) is 9.82 Å². The van der Waals surface area contributed by atoms with Crippen LogP contribution in [-0.2, 0) is 23.8 Å². The Morgan fingerprint density at radius 1 is 1.47 bits per heavy atom. The van der Waals surface area contributed by atoms with E-state index in [1.807, 2.05) is 0 Å². The molecular formula is C11H21N5O2S. The average Bonchev–Trinajstić information content (AvgIpc) is 2.82. The van der Waals surface area contributed by atoms with E-state index in [9.17, 15) is 8.42 Å². The maximum atomic E-state index is 12.1. The molecule has 2 rings (SSSR count). The molecule has 1 aromatic rings. The molecule has 19 heavy (non-hydrogen) atoms. The van der Waals surface area contributed by atoms with Crippen molar-refractivity contribution in [1.29, 1.82) is 0 Å². The van der Waals surface area contributed by atoms with E-state index in [1.54, 1.807) is 24.0 Å². The van der Waals surface area contributed by atoms with Gasteiger partial charge in [-0.1, -0.05) is 0 Å². The summed E-state index contributed by atoms with van der Waals surface area (Å²) in [5.74, 6) is 0.447.